The van der Waals surface area contributed by atoms with Gasteiger partial charge in [0.15, 0.2) is 5.96 Å². The van der Waals surface area contributed by atoms with Crippen molar-refractivity contribution < 1.29 is 8.42 Å². The van der Waals surface area contributed by atoms with Crippen molar-refractivity contribution in [3.8, 4) is 0 Å². The molecule has 0 saturated carbocycles. The fraction of sp³-hybridized carbons (Fsp3) is 0.833. The second-order valence-electron chi connectivity index (χ2n) is 2.94. The zero-order valence-electron chi connectivity index (χ0n) is 6.73. The Kier molecular flexibility index (Phi) is 2.56. The number of sulfone groups is 1. The van der Waals surface area contributed by atoms with E-state index in [9.17, 15) is 8.42 Å². The maximum Gasteiger partial charge on any atom is 0.186 e. The highest BCUT2D eigenvalue weighted by Gasteiger charge is 2.22. The number of aliphatic imine (C=N–C) groups is 1. The Morgan fingerprint density at radius 3 is 2.17 bits per heavy atom. The SMILES string of the molecule is NC(N)=NC1CCS(=O)(=O)CC1. The van der Waals surface area contributed by atoms with Gasteiger partial charge in [0.05, 0.1) is 17.5 Å². The van der Waals surface area contributed by atoms with E-state index in [2.05, 4.69) is 4.99 Å². The van der Waals surface area contributed by atoms with Crippen LogP contribution in [0.4, 0.5) is 0 Å². The minimum Gasteiger partial charge on any atom is -0.370 e. The van der Waals surface area contributed by atoms with Gasteiger partial charge in [-0.05, 0) is 12.8 Å². The van der Waals surface area contributed by atoms with Crippen LogP contribution in [-0.2, 0) is 9.84 Å². The van der Waals surface area contributed by atoms with E-state index in [1.54, 1.807) is 0 Å². The van der Waals surface area contributed by atoms with Gasteiger partial charge in [-0.2, -0.15) is 0 Å². The predicted molar refractivity (Wildman–Crippen MR) is 47.5 cm³/mol. The average Bonchev–Trinajstić information content (AvgIpc) is 1.93. The smallest absolute Gasteiger partial charge is 0.186 e. The van der Waals surface area contributed by atoms with Crippen molar-refractivity contribution in [1.82, 2.24) is 0 Å². The van der Waals surface area contributed by atoms with Crippen LogP contribution in [0.15, 0.2) is 4.99 Å². The van der Waals surface area contributed by atoms with Crippen molar-refractivity contribution in [3.05, 3.63) is 0 Å². The number of nitrogens with zero attached hydrogens (tertiary/aromatic N) is 1. The highest BCUT2D eigenvalue weighted by atomic mass is 32.2. The standard InChI is InChI=1S/C6H13N3O2S/c7-6(8)9-5-1-3-12(10,11)4-2-5/h5H,1-4H2,(H4,7,8,9). The second-order valence-corrected chi connectivity index (χ2v) is 5.24. The van der Waals surface area contributed by atoms with Gasteiger partial charge < -0.3 is 11.5 Å². The molecule has 4 N–H and O–H groups in total. The largest absolute Gasteiger partial charge is 0.370 e. The van der Waals surface area contributed by atoms with E-state index in [1.165, 1.54) is 0 Å². The van der Waals surface area contributed by atoms with Gasteiger partial charge in [0.25, 0.3) is 0 Å². The lowest BCUT2D eigenvalue weighted by atomic mass is 10.2. The summed E-state index contributed by atoms with van der Waals surface area (Å²) >= 11 is 0. The van der Waals surface area contributed by atoms with Crippen molar-refractivity contribution in [2.45, 2.75) is 18.9 Å². The van der Waals surface area contributed by atoms with E-state index in [1.807, 2.05) is 0 Å². The number of guanidine groups is 1. The highest BCUT2D eigenvalue weighted by molar-refractivity contribution is 7.91. The molecule has 1 fully saturated rings. The summed E-state index contributed by atoms with van der Waals surface area (Å²) in [6.45, 7) is 0. The Bertz CT molecular complexity index is 265. The molecule has 6 heteroatoms. The quantitative estimate of drug-likeness (QED) is 0.403. The first-order chi connectivity index (χ1) is 5.49. The van der Waals surface area contributed by atoms with Crippen LogP contribution in [0.1, 0.15) is 12.8 Å². The molecule has 0 aromatic heterocycles. The van der Waals surface area contributed by atoms with E-state index >= 15 is 0 Å². The van der Waals surface area contributed by atoms with Gasteiger partial charge in [-0.3, -0.25) is 4.99 Å². The van der Waals surface area contributed by atoms with E-state index in [4.69, 9.17) is 11.5 Å². The Balaban J connectivity index is 2.53. The molecule has 0 radical (unpaired) electrons. The van der Waals surface area contributed by atoms with Crippen LogP contribution in [0.2, 0.25) is 0 Å². The molecule has 0 atom stereocenters. The summed E-state index contributed by atoms with van der Waals surface area (Å²) in [4.78, 5) is 3.91. The summed E-state index contributed by atoms with van der Waals surface area (Å²) in [5.74, 6) is 0.447. The van der Waals surface area contributed by atoms with Gasteiger partial charge in [0.1, 0.15) is 9.84 Å². The highest BCUT2D eigenvalue weighted by Crippen LogP contribution is 2.14. The molecule has 1 heterocycles. The zero-order valence-corrected chi connectivity index (χ0v) is 7.55. The lowest BCUT2D eigenvalue weighted by molar-refractivity contribution is 0.547. The Labute approximate surface area is 71.8 Å². The molecule has 1 aliphatic heterocycles. The van der Waals surface area contributed by atoms with Crippen molar-refractivity contribution >= 4 is 15.8 Å². The second kappa shape index (κ2) is 3.30. The molecule has 5 nitrogen and oxygen atoms in total. The number of hydrogen-bond acceptors (Lipinski definition) is 3. The summed E-state index contributed by atoms with van der Waals surface area (Å²) in [7, 11) is -2.80. The van der Waals surface area contributed by atoms with Gasteiger partial charge >= 0.3 is 0 Å². The lowest BCUT2D eigenvalue weighted by Gasteiger charge is -2.17. The van der Waals surface area contributed by atoms with Crippen LogP contribution in [-0.4, -0.2) is 31.9 Å². The van der Waals surface area contributed by atoms with Gasteiger partial charge in [-0.1, -0.05) is 0 Å². The molecular weight excluding hydrogens is 178 g/mol. The molecule has 0 aliphatic carbocycles. The maximum atomic E-state index is 11.0. The third kappa shape index (κ3) is 2.69. The molecule has 1 aliphatic rings. The molecule has 0 aromatic rings. The van der Waals surface area contributed by atoms with E-state index in [0.29, 0.717) is 12.8 Å². The maximum absolute atomic E-state index is 11.0. The van der Waals surface area contributed by atoms with E-state index in [0.717, 1.165) is 0 Å². The number of hydrogen-bond donors (Lipinski definition) is 2. The van der Waals surface area contributed by atoms with E-state index < -0.39 is 9.84 Å². The molecule has 12 heavy (non-hydrogen) atoms. The van der Waals surface area contributed by atoms with Crippen LogP contribution in [0, 0.1) is 0 Å². The monoisotopic (exact) mass is 191 g/mol. The Hall–Kier alpha value is -0.780. The molecule has 70 valence electrons. The summed E-state index contributed by atoms with van der Waals surface area (Å²) < 4.78 is 21.9. The molecule has 0 unspecified atom stereocenters. The fourth-order valence-electron chi connectivity index (χ4n) is 1.22. The number of nitrogens with two attached hydrogens (primary N) is 2. The predicted octanol–water partition coefficient (Wildman–Crippen LogP) is -1.16. The third-order valence-electron chi connectivity index (χ3n) is 1.86. The summed E-state index contributed by atoms with van der Waals surface area (Å²) in [5, 5.41) is 0. The average molecular weight is 191 g/mol. The van der Waals surface area contributed by atoms with Crippen LogP contribution in [0.3, 0.4) is 0 Å². The van der Waals surface area contributed by atoms with Crippen LogP contribution < -0.4 is 11.5 Å². The molecule has 1 saturated heterocycles. The zero-order chi connectivity index (χ0) is 9.19. The minimum absolute atomic E-state index is 0.00137. The summed E-state index contributed by atoms with van der Waals surface area (Å²) in [6, 6.07) is -0.00137. The first-order valence-corrected chi connectivity index (χ1v) is 5.61. The van der Waals surface area contributed by atoms with E-state index in [-0.39, 0.29) is 23.5 Å². The van der Waals surface area contributed by atoms with Crippen LogP contribution >= 0.6 is 0 Å². The van der Waals surface area contributed by atoms with Crippen LogP contribution in [0.5, 0.6) is 0 Å². The molecule has 0 aromatic carbocycles. The van der Waals surface area contributed by atoms with Crippen molar-refractivity contribution in [2.75, 3.05) is 11.5 Å². The molecule has 1 rings (SSSR count). The summed E-state index contributed by atoms with van der Waals surface area (Å²) in [5.41, 5.74) is 10.3. The molecule has 0 bridgehead atoms. The Morgan fingerprint density at radius 1 is 1.25 bits per heavy atom. The normalized spacial score (nSPS) is 23.3. The first-order valence-electron chi connectivity index (χ1n) is 3.79. The molecule has 0 spiro atoms. The summed E-state index contributed by atoms with van der Waals surface area (Å²) in [6.07, 6.45) is 1.08. The molecular formula is C6H13N3O2S. The first kappa shape index (κ1) is 9.31. The lowest BCUT2D eigenvalue weighted by Crippen LogP contribution is -2.30. The topological polar surface area (TPSA) is 98.5 Å². The van der Waals surface area contributed by atoms with Gasteiger partial charge in [-0.15, -0.1) is 0 Å². The van der Waals surface area contributed by atoms with Gasteiger partial charge in [-0.25, -0.2) is 8.42 Å². The number of rotatable bonds is 1. The minimum atomic E-state index is -2.80. The molecule has 0 amide bonds. The Morgan fingerprint density at radius 2 is 1.75 bits per heavy atom. The fourth-order valence-corrected chi connectivity index (χ4v) is 2.68. The van der Waals surface area contributed by atoms with Crippen molar-refractivity contribution in [2.24, 2.45) is 16.5 Å². The van der Waals surface area contributed by atoms with Crippen LogP contribution in [0.25, 0.3) is 0 Å². The van der Waals surface area contributed by atoms with Gasteiger partial charge in [0, 0.05) is 0 Å². The third-order valence-corrected chi connectivity index (χ3v) is 3.57. The van der Waals surface area contributed by atoms with Crippen molar-refractivity contribution in [3.63, 3.8) is 0 Å². The van der Waals surface area contributed by atoms with Gasteiger partial charge in [0.2, 0.25) is 0 Å². The van der Waals surface area contributed by atoms with Crippen molar-refractivity contribution in [1.29, 1.82) is 0 Å².